The standard InChI is InChI=1S/C13H24N2O3S2/c1-18-12(16)11(8-20-9-19-2)15-13(17)14-10-6-4-3-5-7-10/h10-11H,3-9H2,1-2H3,(H2,14,15,17)/t11-/m0/s1. The van der Waals surface area contributed by atoms with E-state index in [9.17, 15) is 9.59 Å². The summed E-state index contributed by atoms with van der Waals surface area (Å²) >= 11 is 3.31. The van der Waals surface area contributed by atoms with Crippen molar-refractivity contribution in [2.75, 3.05) is 24.2 Å². The topological polar surface area (TPSA) is 67.4 Å². The Morgan fingerprint density at radius 2 is 2.00 bits per heavy atom. The normalized spacial score (nSPS) is 17.3. The van der Waals surface area contributed by atoms with Crippen molar-refractivity contribution >= 4 is 35.5 Å². The molecule has 1 aliphatic rings. The number of hydrogen-bond donors (Lipinski definition) is 2. The molecular formula is C13H24N2O3S2. The maximum atomic E-state index is 11.9. The molecule has 20 heavy (non-hydrogen) atoms. The molecule has 7 heteroatoms. The van der Waals surface area contributed by atoms with Gasteiger partial charge in [0.2, 0.25) is 0 Å². The maximum absolute atomic E-state index is 11.9. The minimum Gasteiger partial charge on any atom is -0.467 e. The molecule has 116 valence electrons. The third-order valence-corrected chi connectivity index (χ3v) is 5.40. The predicted molar refractivity (Wildman–Crippen MR) is 85.2 cm³/mol. The van der Waals surface area contributed by atoms with Gasteiger partial charge in [-0.25, -0.2) is 9.59 Å². The fraction of sp³-hybridized carbons (Fsp3) is 0.846. The number of hydrogen-bond acceptors (Lipinski definition) is 5. The van der Waals surface area contributed by atoms with E-state index < -0.39 is 12.0 Å². The molecule has 1 rings (SSSR count). The van der Waals surface area contributed by atoms with Crippen molar-refractivity contribution in [1.29, 1.82) is 0 Å². The highest BCUT2D eigenvalue weighted by Crippen LogP contribution is 2.17. The van der Waals surface area contributed by atoms with Gasteiger partial charge in [-0.2, -0.15) is 11.8 Å². The zero-order valence-electron chi connectivity index (χ0n) is 12.1. The van der Waals surface area contributed by atoms with Crippen LogP contribution in [0.25, 0.3) is 0 Å². The van der Waals surface area contributed by atoms with Crippen LogP contribution in [0.3, 0.4) is 0 Å². The van der Waals surface area contributed by atoms with Gasteiger partial charge < -0.3 is 15.4 Å². The third-order valence-electron chi connectivity index (χ3n) is 3.22. The molecule has 1 fully saturated rings. The van der Waals surface area contributed by atoms with Gasteiger partial charge in [0.1, 0.15) is 6.04 Å². The lowest BCUT2D eigenvalue weighted by atomic mass is 9.96. The lowest BCUT2D eigenvalue weighted by Gasteiger charge is -2.24. The molecule has 1 saturated carbocycles. The Morgan fingerprint density at radius 1 is 1.30 bits per heavy atom. The molecule has 0 heterocycles. The highest BCUT2D eigenvalue weighted by molar-refractivity contribution is 8.15. The van der Waals surface area contributed by atoms with Crippen molar-refractivity contribution in [2.45, 2.75) is 44.2 Å². The summed E-state index contributed by atoms with van der Waals surface area (Å²) in [5.74, 6) is 0.142. The average molecular weight is 320 g/mol. The molecule has 0 saturated heterocycles. The van der Waals surface area contributed by atoms with Crippen molar-refractivity contribution in [3.8, 4) is 0 Å². The average Bonchev–Trinajstić information content (AvgIpc) is 2.46. The zero-order chi connectivity index (χ0) is 14.8. The molecule has 2 amide bonds. The monoisotopic (exact) mass is 320 g/mol. The van der Waals surface area contributed by atoms with Crippen molar-refractivity contribution < 1.29 is 14.3 Å². The minimum atomic E-state index is -0.583. The van der Waals surface area contributed by atoms with Crippen molar-refractivity contribution in [3.05, 3.63) is 0 Å². The summed E-state index contributed by atoms with van der Waals surface area (Å²) < 4.78 is 4.73. The predicted octanol–water partition coefficient (Wildman–Crippen LogP) is 2.21. The first kappa shape index (κ1) is 17.5. The van der Waals surface area contributed by atoms with Crippen LogP contribution < -0.4 is 10.6 Å². The Hall–Kier alpha value is -0.560. The second-order valence-corrected chi connectivity index (χ2v) is 7.07. The van der Waals surface area contributed by atoms with E-state index in [0.29, 0.717) is 5.75 Å². The SMILES string of the molecule is COC(=O)[C@H](CSCSC)NC(=O)NC1CCCCC1. The third kappa shape index (κ3) is 6.74. The maximum Gasteiger partial charge on any atom is 0.329 e. The van der Waals surface area contributed by atoms with Gasteiger partial charge in [0, 0.05) is 16.9 Å². The first-order valence-electron chi connectivity index (χ1n) is 6.89. The Balaban J connectivity index is 2.37. The van der Waals surface area contributed by atoms with Crippen LogP contribution in [0, 0.1) is 0 Å². The van der Waals surface area contributed by atoms with Gasteiger partial charge in [-0.1, -0.05) is 19.3 Å². The summed E-state index contributed by atoms with van der Waals surface area (Å²) in [4.78, 5) is 23.6. The molecule has 0 radical (unpaired) electrons. The Labute approximate surface area is 129 Å². The summed E-state index contributed by atoms with van der Waals surface area (Å²) in [7, 11) is 1.34. The number of urea groups is 1. The van der Waals surface area contributed by atoms with Crippen LogP contribution in [0.5, 0.6) is 0 Å². The highest BCUT2D eigenvalue weighted by atomic mass is 32.2. The quantitative estimate of drug-likeness (QED) is 0.428. The zero-order valence-corrected chi connectivity index (χ0v) is 13.8. The number of methoxy groups -OCH3 is 1. The van der Waals surface area contributed by atoms with E-state index in [2.05, 4.69) is 10.6 Å². The van der Waals surface area contributed by atoms with Crippen LogP contribution in [0.2, 0.25) is 0 Å². The Kier molecular flexibility index (Phi) is 8.93. The summed E-state index contributed by atoms with van der Waals surface area (Å²) in [6.07, 6.45) is 7.62. The Morgan fingerprint density at radius 3 is 2.60 bits per heavy atom. The fourth-order valence-corrected chi connectivity index (χ4v) is 3.70. The van der Waals surface area contributed by atoms with Crippen LogP contribution in [-0.2, 0) is 9.53 Å². The van der Waals surface area contributed by atoms with Crippen molar-refractivity contribution in [2.24, 2.45) is 0 Å². The van der Waals surface area contributed by atoms with Gasteiger partial charge in [0.25, 0.3) is 0 Å². The molecule has 0 unspecified atom stereocenters. The highest BCUT2D eigenvalue weighted by Gasteiger charge is 2.23. The summed E-state index contributed by atoms with van der Waals surface area (Å²) in [5, 5.41) is 6.55. The number of carbonyl (C=O) groups excluding carboxylic acids is 2. The van der Waals surface area contributed by atoms with E-state index in [1.807, 2.05) is 6.26 Å². The smallest absolute Gasteiger partial charge is 0.329 e. The van der Waals surface area contributed by atoms with Crippen LogP contribution in [-0.4, -0.2) is 48.3 Å². The number of rotatable bonds is 7. The summed E-state index contributed by atoms with van der Waals surface area (Å²) in [6.45, 7) is 0. The molecule has 0 aromatic carbocycles. The number of ether oxygens (including phenoxy) is 1. The first-order chi connectivity index (χ1) is 9.67. The largest absolute Gasteiger partial charge is 0.467 e. The molecule has 0 aliphatic heterocycles. The molecular weight excluding hydrogens is 296 g/mol. The number of carbonyl (C=O) groups is 2. The lowest BCUT2D eigenvalue weighted by Crippen LogP contribution is -2.50. The number of esters is 1. The van der Waals surface area contributed by atoms with Crippen LogP contribution in [0.15, 0.2) is 0 Å². The molecule has 5 nitrogen and oxygen atoms in total. The van der Waals surface area contributed by atoms with Crippen molar-refractivity contribution in [3.63, 3.8) is 0 Å². The summed E-state index contributed by atoms with van der Waals surface area (Å²) in [6, 6.07) is -0.612. The number of thioether (sulfide) groups is 2. The van der Waals surface area contributed by atoms with Gasteiger partial charge in [-0.05, 0) is 19.1 Å². The van der Waals surface area contributed by atoms with Crippen LogP contribution >= 0.6 is 23.5 Å². The van der Waals surface area contributed by atoms with Crippen LogP contribution in [0.1, 0.15) is 32.1 Å². The second kappa shape index (κ2) is 10.2. The summed E-state index contributed by atoms with van der Waals surface area (Å²) in [5.41, 5.74) is 0. The molecule has 0 bridgehead atoms. The Bertz CT molecular complexity index is 310. The van der Waals surface area contributed by atoms with E-state index in [4.69, 9.17) is 4.74 Å². The van der Waals surface area contributed by atoms with Gasteiger partial charge >= 0.3 is 12.0 Å². The fourth-order valence-electron chi connectivity index (χ4n) is 2.19. The van der Waals surface area contributed by atoms with Crippen LogP contribution in [0.4, 0.5) is 4.79 Å². The van der Waals surface area contributed by atoms with Crippen molar-refractivity contribution in [1.82, 2.24) is 10.6 Å². The molecule has 0 aromatic heterocycles. The lowest BCUT2D eigenvalue weighted by molar-refractivity contribution is -0.142. The van der Waals surface area contributed by atoms with E-state index in [1.54, 1.807) is 23.5 Å². The van der Waals surface area contributed by atoms with Gasteiger partial charge in [-0.3, -0.25) is 0 Å². The molecule has 0 spiro atoms. The number of nitrogens with one attached hydrogen (secondary N) is 2. The first-order valence-corrected chi connectivity index (χ1v) is 9.43. The van der Waals surface area contributed by atoms with E-state index in [-0.39, 0.29) is 12.1 Å². The van der Waals surface area contributed by atoms with E-state index in [1.165, 1.54) is 13.5 Å². The number of amides is 2. The molecule has 0 aromatic rings. The van der Waals surface area contributed by atoms with E-state index >= 15 is 0 Å². The van der Waals surface area contributed by atoms with E-state index in [0.717, 1.165) is 30.8 Å². The minimum absolute atomic E-state index is 0.237. The molecule has 2 N–H and O–H groups in total. The molecule has 1 atom stereocenters. The van der Waals surface area contributed by atoms with Gasteiger partial charge in [-0.15, -0.1) is 11.8 Å². The van der Waals surface area contributed by atoms with Gasteiger partial charge in [0.05, 0.1) is 7.11 Å². The molecule has 1 aliphatic carbocycles. The van der Waals surface area contributed by atoms with Gasteiger partial charge in [0.15, 0.2) is 0 Å². The second-order valence-electron chi connectivity index (χ2n) is 4.81.